The Morgan fingerprint density at radius 2 is 1.74 bits per heavy atom. The van der Waals surface area contributed by atoms with Crippen molar-refractivity contribution in [1.29, 1.82) is 5.26 Å². The van der Waals surface area contributed by atoms with Crippen LogP contribution in [0.4, 0.5) is 0 Å². The number of carbonyl (C=O) groups is 1. The topological polar surface area (TPSA) is 94.6 Å². The Kier molecular flexibility index (Phi) is 7.07. The number of esters is 1. The second-order valence-corrected chi connectivity index (χ2v) is 8.71. The number of benzene rings is 3. The number of allylic oxidation sites excluding steroid dienone is 1. The van der Waals surface area contributed by atoms with Crippen LogP contribution in [0.1, 0.15) is 54.9 Å². The van der Waals surface area contributed by atoms with E-state index in [9.17, 15) is 10.1 Å². The van der Waals surface area contributed by atoms with Gasteiger partial charge in [0.1, 0.15) is 28.9 Å². The standard InChI is InChI=1S/C29H28N2O4/c1-4-19-5-7-21(8-6-19)28-24-14-13-23(15-26(24)35-29(31)25(28)16-30)34-27(32)17-33-22-11-9-20(10-12-22)18(2)3/h5-15,18,28H,4,17,31H2,1-3H3. The lowest BCUT2D eigenvalue weighted by Crippen LogP contribution is -2.21. The molecular formula is C29H28N2O4. The second kappa shape index (κ2) is 10.4. The van der Waals surface area contributed by atoms with Gasteiger partial charge in [-0.15, -0.1) is 0 Å². The fourth-order valence-corrected chi connectivity index (χ4v) is 4.04. The normalized spacial score (nSPS) is 14.7. The van der Waals surface area contributed by atoms with Crippen molar-refractivity contribution >= 4 is 5.97 Å². The number of rotatable bonds is 7. The van der Waals surface area contributed by atoms with Gasteiger partial charge in [0, 0.05) is 11.6 Å². The second-order valence-electron chi connectivity index (χ2n) is 8.71. The summed E-state index contributed by atoms with van der Waals surface area (Å²) in [7, 11) is 0. The van der Waals surface area contributed by atoms with E-state index < -0.39 is 5.97 Å². The molecule has 0 aliphatic carbocycles. The fourth-order valence-electron chi connectivity index (χ4n) is 4.04. The number of hydrogen-bond acceptors (Lipinski definition) is 6. The number of nitrogens with two attached hydrogens (primary N) is 1. The lowest BCUT2D eigenvalue weighted by atomic mass is 9.83. The van der Waals surface area contributed by atoms with E-state index in [0.717, 1.165) is 17.5 Å². The summed E-state index contributed by atoms with van der Waals surface area (Å²) in [6.07, 6.45) is 0.926. The Balaban J connectivity index is 1.49. The maximum absolute atomic E-state index is 12.4. The summed E-state index contributed by atoms with van der Waals surface area (Å²) in [5.41, 5.74) is 10.6. The van der Waals surface area contributed by atoms with E-state index >= 15 is 0 Å². The third-order valence-corrected chi connectivity index (χ3v) is 6.05. The third-order valence-electron chi connectivity index (χ3n) is 6.05. The monoisotopic (exact) mass is 468 g/mol. The maximum Gasteiger partial charge on any atom is 0.349 e. The first-order valence-electron chi connectivity index (χ1n) is 11.6. The minimum atomic E-state index is -0.540. The van der Waals surface area contributed by atoms with E-state index in [4.69, 9.17) is 19.9 Å². The Morgan fingerprint density at radius 3 is 2.37 bits per heavy atom. The molecule has 3 aromatic rings. The molecule has 0 saturated heterocycles. The van der Waals surface area contributed by atoms with E-state index in [2.05, 4.69) is 26.8 Å². The molecule has 0 spiro atoms. The molecule has 6 nitrogen and oxygen atoms in total. The molecule has 1 aliphatic heterocycles. The first-order chi connectivity index (χ1) is 16.9. The number of nitriles is 1. The predicted molar refractivity (Wildman–Crippen MR) is 133 cm³/mol. The number of fused-ring (bicyclic) bond motifs is 1. The van der Waals surface area contributed by atoms with Crippen molar-refractivity contribution in [3.05, 3.63) is 100 Å². The molecule has 1 unspecified atom stereocenters. The zero-order valence-corrected chi connectivity index (χ0v) is 20.1. The lowest BCUT2D eigenvalue weighted by Gasteiger charge is -2.26. The molecule has 4 rings (SSSR count). The van der Waals surface area contributed by atoms with Crippen LogP contribution in [0.15, 0.2) is 78.2 Å². The van der Waals surface area contributed by atoms with Crippen LogP contribution >= 0.6 is 0 Å². The molecular weight excluding hydrogens is 440 g/mol. The highest BCUT2D eigenvalue weighted by Crippen LogP contribution is 2.43. The van der Waals surface area contributed by atoms with E-state index in [1.54, 1.807) is 18.2 Å². The quantitative estimate of drug-likeness (QED) is 0.360. The number of carbonyl (C=O) groups excluding carboxylic acids is 1. The summed E-state index contributed by atoms with van der Waals surface area (Å²) in [4.78, 5) is 12.4. The summed E-state index contributed by atoms with van der Waals surface area (Å²) >= 11 is 0. The van der Waals surface area contributed by atoms with Gasteiger partial charge in [0.25, 0.3) is 0 Å². The molecule has 0 amide bonds. The van der Waals surface area contributed by atoms with Crippen LogP contribution in [0.3, 0.4) is 0 Å². The number of nitrogens with zero attached hydrogens (tertiary/aromatic N) is 1. The Morgan fingerprint density at radius 1 is 1.06 bits per heavy atom. The van der Waals surface area contributed by atoms with Gasteiger partial charge in [-0.05, 0) is 47.2 Å². The number of hydrogen-bond donors (Lipinski definition) is 1. The van der Waals surface area contributed by atoms with Crippen molar-refractivity contribution in [2.75, 3.05) is 6.61 Å². The summed E-state index contributed by atoms with van der Waals surface area (Å²) in [5.74, 6) is 0.907. The molecule has 6 heteroatoms. The summed E-state index contributed by atoms with van der Waals surface area (Å²) < 4.78 is 16.7. The van der Waals surface area contributed by atoms with Crippen molar-refractivity contribution in [2.24, 2.45) is 5.73 Å². The van der Waals surface area contributed by atoms with Crippen LogP contribution < -0.4 is 19.9 Å². The number of ether oxygens (including phenoxy) is 3. The molecule has 178 valence electrons. The highest BCUT2D eigenvalue weighted by molar-refractivity contribution is 5.74. The zero-order chi connectivity index (χ0) is 24.9. The van der Waals surface area contributed by atoms with Gasteiger partial charge < -0.3 is 19.9 Å². The van der Waals surface area contributed by atoms with Gasteiger partial charge in [0.15, 0.2) is 6.61 Å². The molecule has 0 radical (unpaired) electrons. The SMILES string of the molecule is CCc1ccc(C2C(C#N)=C(N)Oc3cc(OC(=O)COc4ccc(C(C)C)cc4)ccc32)cc1. The highest BCUT2D eigenvalue weighted by atomic mass is 16.6. The largest absolute Gasteiger partial charge is 0.482 e. The minimum Gasteiger partial charge on any atom is -0.482 e. The molecule has 0 fully saturated rings. The van der Waals surface area contributed by atoms with Gasteiger partial charge in [-0.2, -0.15) is 5.26 Å². The van der Waals surface area contributed by atoms with Crippen molar-refractivity contribution in [2.45, 2.75) is 39.0 Å². The molecule has 2 N–H and O–H groups in total. The van der Waals surface area contributed by atoms with Crippen LogP contribution in [0.5, 0.6) is 17.2 Å². The summed E-state index contributed by atoms with van der Waals surface area (Å²) in [5, 5.41) is 9.74. The zero-order valence-electron chi connectivity index (χ0n) is 20.1. The van der Waals surface area contributed by atoms with E-state index in [0.29, 0.717) is 28.7 Å². The van der Waals surface area contributed by atoms with Crippen molar-refractivity contribution in [3.63, 3.8) is 0 Å². The van der Waals surface area contributed by atoms with Crippen LogP contribution in [0, 0.1) is 11.3 Å². The van der Waals surface area contributed by atoms with Crippen LogP contribution in [0.25, 0.3) is 0 Å². The maximum atomic E-state index is 12.4. The van der Waals surface area contributed by atoms with Gasteiger partial charge in [-0.3, -0.25) is 0 Å². The number of aryl methyl sites for hydroxylation is 1. The van der Waals surface area contributed by atoms with E-state index in [1.807, 2.05) is 48.5 Å². The minimum absolute atomic E-state index is 0.0428. The Bertz CT molecular complexity index is 1290. The average Bonchev–Trinajstić information content (AvgIpc) is 2.87. The Hall–Kier alpha value is -4.24. The van der Waals surface area contributed by atoms with Gasteiger partial charge >= 0.3 is 5.97 Å². The molecule has 0 bridgehead atoms. The van der Waals surface area contributed by atoms with Gasteiger partial charge in [-0.25, -0.2) is 4.79 Å². The van der Waals surface area contributed by atoms with Crippen LogP contribution in [-0.4, -0.2) is 12.6 Å². The first kappa shape index (κ1) is 23.9. The van der Waals surface area contributed by atoms with Crippen molar-refractivity contribution < 1.29 is 19.0 Å². The molecule has 35 heavy (non-hydrogen) atoms. The van der Waals surface area contributed by atoms with Crippen molar-refractivity contribution in [1.82, 2.24) is 0 Å². The predicted octanol–water partition coefficient (Wildman–Crippen LogP) is 5.57. The summed E-state index contributed by atoms with van der Waals surface area (Å²) in [6, 6.07) is 23.0. The third kappa shape index (κ3) is 5.30. The molecule has 3 aromatic carbocycles. The first-order valence-corrected chi connectivity index (χ1v) is 11.6. The summed E-state index contributed by atoms with van der Waals surface area (Å²) in [6.45, 7) is 6.09. The van der Waals surface area contributed by atoms with Crippen LogP contribution in [-0.2, 0) is 11.2 Å². The Labute approximate surface area is 205 Å². The lowest BCUT2D eigenvalue weighted by molar-refractivity contribution is -0.136. The molecule has 1 atom stereocenters. The molecule has 0 aromatic heterocycles. The van der Waals surface area contributed by atoms with Gasteiger partial charge in [-0.1, -0.05) is 63.2 Å². The van der Waals surface area contributed by atoms with Gasteiger partial charge in [0.05, 0.1) is 5.92 Å². The molecule has 1 aliphatic rings. The average molecular weight is 469 g/mol. The smallest absolute Gasteiger partial charge is 0.349 e. The highest BCUT2D eigenvalue weighted by Gasteiger charge is 2.31. The van der Waals surface area contributed by atoms with E-state index in [-0.39, 0.29) is 18.4 Å². The molecule has 1 heterocycles. The fraction of sp³-hybridized carbons (Fsp3) is 0.241. The van der Waals surface area contributed by atoms with Crippen molar-refractivity contribution in [3.8, 4) is 23.3 Å². The van der Waals surface area contributed by atoms with E-state index in [1.165, 1.54) is 11.1 Å². The molecule has 0 saturated carbocycles. The van der Waals surface area contributed by atoms with Crippen LogP contribution in [0.2, 0.25) is 0 Å². The van der Waals surface area contributed by atoms with Gasteiger partial charge in [0.2, 0.25) is 5.88 Å².